The molecule has 3 rings (SSSR count). The van der Waals surface area contributed by atoms with Crippen LogP contribution in [-0.4, -0.2) is 19.5 Å². The van der Waals surface area contributed by atoms with Crippen LogP contribution in [0.25, 0.3) is 10.2 Å². The molecule has 1 N–H and O–H groups in total. The highest BCUT2D eigenvalue weighted by Crippen LogP contribution is 2.24. The maximum atomic E-state index is 12.3. The highest BCUT2D eigenvalue weighted by atomic mass is 35.5. The monoisotopic (exact) mass is 394 g/mol. The smallest absolute Gasteiger partial charge is 0.294 e. The number of sulfonamides is 1. The molecule has 0 unspecified atom stereocenters. The second-order valence-electron chi connectivity index (χ2n) is 5.32. The molecule has 1 heterocycles. The molecular weight excluding hydrogens is 380 g/mol. The van der Waals surface area contributed by atoms with Crippen LogP contribution >= 0.6 is 22.9 Å². The Balaban J connectivity index is 2.03. The van der Waals surface area contributed by atoms with Crippen LogP contribution in [0.15, 0.2) is 64.8 Å². The quantitative estimate of drug-likeness (QED) is 0.652. The van der Waals surface area contributed by atoms with Gasteiger partial charge in [-0.3, -0.25) is 9.36 Å². The number of nitrogens with zero attached hydrogens (tertiary/aromatic N) is 1. The molecule has 3 aromatic rings. The topological polar surface area (TPSA) is 68.2 Å². The number of halogens is 1. The van der Waals surface area contributed by atoms with Crippen molar-refractivity contribution < 1.29 is 8.42 Å². The predicted molar refractivity (Wildman–Crippen MR) is 102 cm³/mol. The molecule has 8 heteroatoms. The van der Waals surface area contributed by atoms with Crippen molar-refractivity contribution in [1.29, 1.82) is 0 Å². The zero-order valence-corrected chi connectivity index (χ0v) is 15.5. The Morgan fingerprint density at radius 2 is 2.00 bits per heavy atom. The number of hydrogen-bond donors (Lipinski definition) is 1. The van der Waals surface area contributed by atoms with Crippen molar-refractivity contribution in [2.75, 3.05) is 6.54 Å². The van der Waals surface area contributed by atoms with Gasteiger partial charge >= 0.3 is 4.87 Å². The molecule has 0 bridgehead atoms. The van der Waals surface area contributed by atoms with Gasteiger partial charge in [0.1, 0.15) is 0 Å². The van der Waals surface area contributed by atoms with E-state index in [2.05, 4.69) is 11.3 Å². The third-order valence-electron chi connectivity index (χ3n) is 3.65. The summed E-state index contributed by atoms with van der Waals surface area (Å²) in [5.41, 5.74) is 1.51. The van der Waals surface area contributed by atoms with Crippen molar-refractivity contribution in [2.45, 2.75) is 11.4 Å². The van der Waals surface area contributed by atoms with E-state index in [1.165, 1.54) is 18.2 Å². The summed E-state index contributed by atoms with van der Waals surface area (Å²) in [7, 11) is -3.63. The molecule has 0 saturated carbocycles. The van der Waals surface area contributed by atoms with Crippen LogP contribution in [0, 0.1) is 0 Å². The van der Waals surface area contributed by atoms with Crippen LogP contribution in [-0.2, 0) is 16.6 Å². The van der Waals surface area contributed by atoms with Gasteiger partial charge in [-0.05, 0) is 29.8 Å². The van der Waals surface area contributed by atoms with Crippen molar-refractivity contribution in [1.82, 2.24) is 9.29 Å². The number of nitrogens with one attached hydrogen (secondary N) is 1. The molecule has 5 nitrogen and oxygen atoms in total. The van der Waals surface area contributed by atoms with Gasteiger partial charge in [-0.25, -0.2) is 13.1 Å². The highest BCUT2D eigenvalue weighted by Gasteiger charge is 2.16. The van der Waals surface area contributed by atoms with E-state index in [0.29, 0.717) is 21.8 Å². The first-order valence-electron chi connectivity index (χ1n) is 7.40. The van der Waals surface area contributed by atoms with Gasteiger partial charge in [-0.15, -0.1) is 6.58 Å². The third kappa shape index (κ3) is 3.69. The fourth-order valence-electron chi connectivity index (χ4n) is 2.41. The first kappa shape index (κ1) is 17.9. The lowest BCUT2D eigenvalue weighted by molar-refractivity contribution is 0.586. The second kappa shape index (κ2) is 7.13. The van der Waals surface area contributed by atoms with Crippen LogP contribution in [0.5, 0.6) is 0 Å². The van der Waals surface area contributed by atoms with E-state index in [1.54, 1.807) is 16.7 Å². The number of benzene rings is 2. The number of rotatable bonds is 6. The van der Waals surface area contributed by atoms with Gasteiger partial charge in [0.15, 0.2) is 0 Å². The molecular formula is C17H15ClN2O3S2. The molecule has 0 amide bonds. The summed E-state index contributed by atoms with van der Waals surface area (Å²) < 4.78 is 29.0. The number of fused-ring (bicyclic) bond motifs is 1. The number of aromatic nitrogens is 1. The summed E-state index contributed by atoms with van der Waals surface area (Å²) >= 11 is 7.18. The first-order valence-corrected chi connectivity index (χ1v) is 10.1. The van der Waals surface area contributed by atoms with Crippen LogP contribution < -0.4 is 9.60 Å². The predicted octanol–water partition coefficient (Wildman–Crippen LogP) is 3.23. The summed E-state index contributed by atoms with van der Waals surface area (Å²) in [6, 6.07) is 12.0. The van der Waals surface area contributed by atoms with Crippen molar-refractivity contribution >= 4 is 43.2 Å². The minimum Gasteiger partial charge on any atom is -0.294 e. The van der Waals surface area contributed by atoms with Gasteiger partial charge in [-0.1, -0.05) is 47.2 Å². The molecule has 0 saturated heterocycles. The molecule has 0 radical (unpaired) electrons. The minimum absolute atomic E-state index is 0.119. The van der Waals surface area contributed by atoms with E-state index < -0.39 is 10.0 Å². The standard InChI is InChI=1S/C17H15ClN2O3S2/c1-2-9-19-25(22,23)13-7-8-15-16(10-13)24-17(21)20(15)11-12-5-3-4-6-14(12)18/h2-8,10,19H,1,9,11H2. The van der Waals surface area contributed by atoms with Crippen molar-refractivity contribution in [2.24, 2.45) is 0 Å². The SMILES string of the molecule is C=CCNS(=O)(=O)c1ccc2c(c1)sc(=O)n2Cc1ccccc1Cl. The lowest BCUT2D eigenvalue weighted by Crippen LogP contribution is -2.23. The third-order valence-corrected chi connectivity index (χ3v) is 6.39. The Bertz CT molecular complexity index is 1100. The van der Waals surface area contributed by atoms with Crippen molar-refractivity contribution in [3.8, 4) is 0 Å². The van der Waals surface area contributed by atoms with Crippen LogP contribution in [0.1, 0.15) is 5.56 Å². The number of thiazole rings is 1. The van der Waals surface area contributed by atoms with E-state index in [9.17, 15) is 13.2 Å². The van der Waals surface area contributed by atoms with Crippen molar-refractivity contribution in [3.05, 3.63) is 75.4 Å². The molecule has 1 aromatic heterocycles. The molecule has 130 valence electrons. The second-order valence-corrected chi connectivity index (χ2v) is 8.48. The van der Waals surface area contributed by atoms with Crippen LogP contribution in [0.2, 0.25) is 5.02 Å². The van der Waals surface area contributed by atoms with E-state index >= 15 is 0 Å². The minimum atomic E-state index is -3.63. The molecule has 2 aromatic carbocycles. The molecule has 0 aliphatic carbocycles. The molecule has 0 fully saturated rings. The Morgan fingerprint density at radius 3 is 2.72 bits per heavy atom. The molecule has 0 aliphatic rings. The summed E-state index contributed by atoms with van der Waals surface area (Å²) in [5.74, 6) is 0. The van der Waals surface area contributed by atoms with Gasteiger partial charge in [0, 0.05) is 11.6 Å². The molecule has 0 aliphatic heterocycles. The van der Waals surface area contributed by atoms with Gasteiger partial charge in [0.05, 0.1) is 21.7 Å². The molecule has 0 atom stereocenters. The van der Waals surface area contributed by atoms with E-state index in [0.717, 1.165) is 16.9 Å². The Morgan fingerprint density at radius 1 is 1.24 bits per heavy atom. The summed E-state index contributed by atoms with van der Waals surface area (Å²) in [4.78, 5) is 12.3. The van der Waals surface area contributed by atoms with Gasteiger partial charge < -0.3 is 0 Å². The molecule has 0 spiro atoms. The largest absolute Gasteiger partial charge is 0.308 e. The first-order chi connectivity index (χ1) is 11.9. The average molecular weight is 395 g/mol. The summed E-state index contributed by atoms with van der Waals surface area (Å²) in [6.07, 6.45) is 1.47. The van der Waals surface area contributed by atoms with Crippen LogP contribution in [0.3, 0.4) is 0 Å². The lowest BCUT2D eigenvalue weighted by Gasteiger charge is -2.07. The van der Waals surface area contributed by atoms with E-state index in [1.807, 2.05) is 18.2 Å². The summed E-state index contributed by atoms with van der Waals surface area (Å²) in [6.45, 7) is 3.96. The highest BCUT2D eigenvalue weighted by molar-refractivity contribution is 7.89. The fourth-order valence-corrected chi connectivity index (χ4v) is 4.64. The zero-order valence-electron chi connectivity index (χ0n) is 13.1. The average Bonchev–Trinajstić information content (AvgIpc) is 2.90. The Labute approximate surface area is 154 Å². The molecule has 25 heavy (non-hydrogen) atoms. The van der Waals surface area contributed by atoms with E-state index in [-0.39, 0.29) is 16.3 Å². The number of hydrogen-bond acceptors (Lipinski definition) is 4. The lowest BCUT2D eigenvalue weighted by atomic mass is 10.2. The summed E-state index contributed by atoms with van der Waals surface area (Å²) in [5, 5.41) is 0.585. The van der Waals surface area contributed by atoms with Gasteiger partial charge in [-0.2, -0.15) is 0 Å². The normalized spacial score (nSPS) is 11.7. The maximum Gasteiger partial charge on any atom is 0.308 e. The Hall–Kier alpha value is -1.93. The van der Waals surface area contributed by atoms with Gasteiger partial charge in [0.25, 0.3) is 0 Å². The zero-order chi connectivity index (χ0) is 18.0. The maximum absolute atomic E-state index is 12.3. The van der Waals surface area contributed by atoms with Crippen LogP contribution in [0.4, 0.5) is 0 Å². The van der Waals surface area contributed by atoms with Gasteiger partial charge in [0.2, 0.25) is 10.0 Å². The van der Waals surface area contributed by atoms with Crippen molar-refractivity contribution in [3.63, 3.8) is 0 Å². The Kier molecular flexibility index (Phi) is 5.10. The fraction of sp³-hybridized carbons (Fsp3) is 0.118. The van der Waals surface area contributed by atoms with E-state index in [4.69, 9.17) is 11.6 Å².